The van der Waals surface area contributed by atoms with Crippen molar-refractivity contribution in [2.24, 2.45) is 0 Å². The number of carbonyl (C=O) groups excluding carboxylic acids is 1. The van der Waals surface area contributed by atoms with E-state index in [4.69, 9.17) is 11.6 Å². The molecule has 1 amide bonds. The first kappa shape index (κ1) is 14.4. The Labute approximate surface area is 125 Å². The van der Waals surface area contributed by atoms with E-state index in [1.807, 2.05) is 12.3 Å². The lowest BCUT2D eigenvalue weighted by Crippen LogP contribution is -2.14. The van der Waals surface area contributed by atoms with Crippen LogP contribution in [-0.4, -0.2) is 16.6 Å². The van der Waals surface area contributed by atoms with Crippen LogP contribution < -0.4 is 5.32 Å². The van der Waals surface area contributed by atoms with E-state index >= 15 is 0 Å². The van der Waals surface area contributed by atoms with Crippen LogP contribution in [0.1, 0.15) is 10.7 Å². The Kier molecular flexibility index (Phi) is 5.24. The second-order valence-electron chi connectivity index (χ2n) is 3.91. The smallest absolute Gasteiger partial charge is 0.234 e. The minimum Gasteiger partial charge on any atom is -0.325 e. The van der Waals surface area contributed by atoms with Crippen LogP contribution >= 0.6 is 34.7 Å². The zero-order valence-electron chi connectivity index (χ0n) is 10.4. The number of nitrogens with zero attached hydrogens (tertiary/aromatic N) is 1. The number of nitrogens with one attached hydrogen (secondary N) is 1. The second-order valence-corrected chi connectivity index (χ2v) is 6.39. The average Bonchev–Trinajstić information content (AvgIpc) is 2.78. The van der Waals surface area contributed by atoms with Crippen LogP contribution in [0, 0.1) is 6.92 Å². The molecule has 0 fully saturated rings. The third-order valence-corrected chi connectivity index (χ3v) is 4.32. The van der Waals surface area contributed by atoms with Crippen molar-refractivity contribution in [1.29, 1.82) is 0 Å². The van der Waals surface area contributed by atoms with E-state index < -0.39 is 0 Å². The third kappa shape index (κ3) is 4.86. The van der Waals surface area contributed by atoms with Crippen molar-refractivity contribution in [1.82, 2.24) is 4.98 Å². The molecule has 0 atom stereocenters. The number of amides is 1. The summed E-state index contributed by atoms with van der Waals surface area (Å²) in [4.78, 5) is 16.1. The molecule has 0 radical (unpaired) electrons. The number of thioether (sulfide) groups is 1. The van der Waals surface area contributed by atoms with E-state index in [0.717, 1.165) is 22.1 Å². The molecule has 1 heterocycles. The summed E-state index contributed by atoms with van der Waals surface area (Å²) in [6, 6.07) is 7.08. The number of halogens is 1. The zero-order valence-corrected chi connectivity index (χ0v) is 12.7. The Morgan fingerprint density at radius 3 is 2.79 bits per heavy atom. The molecule has 0 aliphatic carbocycles. The Bertz CT molecular complexity index is 554. The summed E-state index contributed by atoms with van der Waals surface area (Å²) < 4.78 is 0. The second kappa shape index (κ2) is 6.93. The summed E-state index contributed by atoms with van der Waals surface area (Å²) in [6.45, 7) is 1.98. The van der Waals surface area contributed by atoms with Gasteiger partial charge in [-0.2, -0.15) is 0 Å². The number of benzene rings is 1. The van der Waals surface area contributed by atoms with Crippen molar-refractivity contribution in [3.05, 3.63) is 45.4 Å². The van der Waals surface area contributed by atoms with Crippen molar-refractivity contribution < 1.29 is 4.79 Å². The number of hydrogen-bond donors (Lipinski definition) is 1. The van der Waals surface area contributed by atoms with E-state index in [2.05, 4.69) is 10.3 Å². The molecule has 0 bridgehead atoms. The first-order chi connectivity index (χ1) is 9.13. The van der Waals surface area contributed by atoms with Crippen LogP contribution in [0.5, 0.6) is 0 Å². The Morgan fingerprint density at radius 2 is 2.16 bits per heavy atom. The average molecular weight is 313 g/mol. The molecule has 0 spiro atoms. The number of aromatic nitrogens is 1. The lowest BCUT2D eigenvalue weighted by Gasteiger charge is -2.04. The van der Waals surface area contributed by atoms with Gasteiger partial charge in [0.25, 0.3) is 0 Å². The van der Waals surface area contributed by atoms with E-state index in [1.54, 1.807) is 47.4 Å². The predicted molar refractivity (Wildman–Crippen MR) is 83.1 cm³/mol. The number of aryl methyl sites for hydroxylation is 1. The molecule has 0 saturated heterocycles. The van der Waals surface area contributed by atoms with Gasteiger partial charge in [0.2, 0.25) is 5.91 Å². The Morgan fingerprint density at radius 1 is 1.42 bits per heavy atom. The van der Waals surface area contributed by atoms with Crippen LogP contribution in [0.25, 0.3) is 0 Å². The van der Waals surface area contributed by atoms with Gasteiger partial charge >= 0.3 is 0 Å². The van der Waals surface area contributed by atoms with Crippen LogP contribution in [0.2, 0.25) is 5.02 Å². The molecule has 100 valence electrons. The number of thiazole rings is 1. The van der Waals surface area contributed by atoms with Crippen molar-refractivity contribution >= 4 is 46.3 Å². The minimum atomic E-state index is -0.0146. The highest BCUT2D eigenvalue weighted by Crippen LogP contribution is 2.16. The van der Waals surface area contributed by atoms with Crippen molar-refractivity contribution in [2.75, 3.05) is 11.1 Å². The number of hydrogen-bond acceptors (Lipinski definition) is 4. The van der Waals surface area contributed by atoms with Gasteiger partial charge < -0.3 is 5.32 Å². The number of anilines is 1. The van der Waals surface area contributed by atoms with Crippen molar-refractivity contribution in [3.8, 4) is 0 Å². The summed E-state index contributed by atoms with van der Waals surface area (Å²) in [6.07, 6.45) is 0. The summed E-state index contributed by atoms with van der Waals surface area (Å²) in [5.74, 6) is 1.16. The van der Waals surface area contributed by atoms with E-state index in [9.17, 15) is 4.79 Å². The van der Waals surface area contributed by atoms with Gasteiger partial charge in [-0.25, -0.2) is 4.98 Å². The molecule has 0 saturated carbocycles. The maximum Gasteiger partial charge on any atom is 0.234 e. The highest BCUT2D eigenvalue weighted by molar-refractivity contribution is 7.99. The molecule has 1 aromatic carbocycles. The largest absolute Gasteiger partial charge is 0.325 e. The van der Waals surface area contributed by atoms with Crippen molar-refractivity contribution in [2.45, 2.75) is 12.7 Å². The van der Waals surface area contributed by atoms with E-state index in [-0.39, 0.29) is 5.91 Å². The van der Waals surface area contributed by atoms with Crippen LogP contribution in [0.15, 0.2) is 29.6 Å². The van der Waals surface area contributed by atoms with Gasteiger partial charge in [0.05, 0.1) is 16.5 Å². The summed E-state index contributed by atoms with van der Waals surface area (Å²) >= 11 is 8.96. The summed E-state index contributed by atoms with van der Waals surface area (Å²) in [7, 11) is 0. The molecule has 3 nitrogen and oxygen atoms in total. The predicted octanol–water partition coefficient (Wildman–Crippen LogP) is 3.98. The van der Waals surface area contributed by atoms with Gasteiger partial charge in [0, 0.05) is 21.8 Å². The fraction of sp³-hybridized carbons (Fsp3) is 0.231. The van der Waals surface area contributed by atoms with Gasteiger partial charge in [0.15, 0.2) is 0 Å². The fourth-order valence-corrected chi connectivity index (χ4v) is 3.01. The topological polar surface area (TPSA) is 42.0 Å². The van der Waals surface area contributed by atoms with Crippen LogP contribution in [0.3, 0.4) is 0 Å². The van der Waals surface area contributed by atoms with Gasteiger partial charge in [0.1, 0.15) is 0 Å². The van der Waals surface area contributed by atoms with Gasteiger partial charge in [-0.05, 0) is 31.2 Å². The first-order valence-electron chi connectivity index (χ1n) is 5.67. The Balaban J connectivity index is 1.74. The molecular formula is C13H13ClN2OS2. The maximum atomic E-state index is 11.7. The van der Waals surface area contributed by atoms with Crippen LogP contribution in [0.4, 0.5) is 5.69 Å². The summed E-state index contributed by atoms with van der Waals surface area (Å²) in [5, 5.41) is 6.57. The van der Waals surface area contributed by atoms with E-state index in [0.29, 0.717) is 10.8 Å². The standard InChI is InChI=1S/C13H13ClN2OS2/c1-9-15-12(7-19-9)6-18-8-13(17)16-11-4-2-10(14)3-5-11/h2-5,7H,6,8H2,1H3,(H,16,17). The lowest BCUT2D eigenvalue weighted by atomic mass is 10.3. The maximum absolute atomic E-state index is 11.7. The highest BCUT2D eigenvalue weighted by Gasteiger charge is 2.04. The fourth-order valence-electron chi connectivity index (χ4n) is 1.45. The molecule has 1 aromatic heterocycles. The monoisotopic (exact) mass is 312 g/mol. The molecule has 19 heavy (non-hydrogen) atoms. The van der Waals surface area contributed by atoms with Gasteiger partial charge in [-0.1, -0.05) is 11.6 Å². The van der Waals surface area contributed by atoms with Crippen LogP contribution in [-0.2, 0) is 10.5 Å². The number of carbonyl (C=O) groups is 1. The molecular weight excluding hydrogens is 300 g/mol. The minimum absolute atomic E-state index is 0.0146. The molecule has 6 heteroatoms. The molecule has 1 N–H and O–H groups in total. The molecule has 0 aliphatic heterocycles. The highest BCUT2D eigenvalue weighted by atomic mass is 35.5. The molecule has 2 rings (SSSR count). The quantitative estimate of drug-likeness (QED) is 0.908. The SMILES string of the molecule is Cc1nc(CSCC(=O)Nc2ccc(Cl)cc2)cs1. The zero-order chi connectivity index (χ0) is 13.7. The first-order valence-corrected chi connectivity index (χ1v) is 8.09. The number of rotatable bonds is 5. The lowest BCUT2D eigenvalue weighted by molar-refractivity contribution is -0.113. The molecule has 0 aliphatic rings. The van der Waals surface area contributed by atoms with E-state index in [1.165, 1.54) is 0 Å². The van der Waals surface area contributed by atoms with Crippen molar-refractivity contribution in [3.63, 3.8) is 0 Å². The van der Waals surface area contributed by atoms with Gasteiger partial charge in [-0.3, -0.25) is 4.79 Å². The Hall–Kier alpha value is -1.04. The molecule has 0 unspecified atom stereocenters. The third-order valence-electron chi connectivity index (χ3n) is 2.28. The van der Waals surface area contributed by atoms with Gasteiger partial charge in [-0.15, -0.1) is 23.1 Å². The normalized spacial score (nSPS) is 10.4. The summed E-state index contributed by atoms with van der Waals surface area (Å²) in [5.41, 5.74) is 1.80. The molecule has 2 aromatic rings.